The van der Waals surface area contributed by atoms with Crippen molar-refractivity contribution in [1.29, 1.82) is 0 Å². The molecular weight excluding hydrogens is 278 g/mol. The van der Waals surface area contributed by atoms with Crippen LogP contribution >= 0.6 is 11.6 Å². The molecule has 1 atom stereocenters. The first-order valence-corrected chi connectivity index (χ1v) is 6.68. The van der Waals surface area contributed by atoms with E-state index in [1.54, 1.807) is 12.1 Å². The monoisotopic (exact) mass is 293 g/mol. The van der Waals surface area contributed by atoms with Crippen LogP contribution < -0.4 is 5.73 Å². The molecule has 1 aromatic heterocycles. The largest absolute Gasteiger partial charge is 0.347 e. The minimum absolute atomic E-state index is 0.0323. The summed E-state index contributed by atoms with van der Waals surface area (Å²) in [4.78, 5) is 10.7. The molecule has 0 aliphatic heterocycles. The maximum atomic E-state index is 11.1. The SMILES string of the molecule is CC(N)Cc1cccn1Cc1c(Cl)cccc1[N+](=O)[O-]. The van der Waals surface area contributed by atoms with Gasteiger partial charge in [0.15, 0.2) is 0 Å². The molecule has 0 bridgehead atoms. The first kappa shape index (κ1) is 14.6. The second-order valence-electron chi connectivity index (χ2n) is 4.80. The molecule has 20 heavy (non-hydrogen) atoms. The molecule has 0 saturated heterocycles. The average molecular weight is 294 g/mol. The highest BCUT2D eigenvalue weighted by Crippen LogP contribution is 2.27. The number of halogens is 1. The number of aromatic nitrogens is 1. The van der Waals surface area contributed by atoms with Gasteiger partial charge >= 0.3 is 0 Å². The van der Waals surface area contributed by atoms with Crippen molar-refractivity contribution < 1.29 is 4.92 Å². The first-order valence-electron chi connectivity index (χ1n) is 6.30. The van der Waals surface area contributed by atoms with Crippen LogP contribution in [0.25, 0.3) is 0 Å². The molecule has 0 aliphatic rings. The van der Waals surface area contributed by atoms with Crippen molar-refractivity contribution in [2.24, 2.45) is 5.73 Å². The van der Waals surface area contributed by atoms with E-state index in [0.29, 0.717) is 23.6 Å². The summed E-state index contributed by atoms with van der Waals surface area (Å²) >= 11 is 6.11. The maximum absolute atomic E-state index is 11.1. The van der Waals surface area contributed by atoms with Gasteiger partial charge in [-0.25, -0.2) is 0 Å². The zero-order valence-electron chi connectivity index (χ0n) is 11.1. The van der Waals surface area contributed by atoms with Crippen LogP contribution in [0.15, 0.2) is 36.5 Å². The van der Waals surface area contributed by atoms with Gasteiger partial charge in [0.2, 0.25) is 0 Å². The van der Waals surface area contributed by atoms with Crippen LogP contribution in [0, 0.1) is 10.1 Å². The first-order chi connectivity index (χ1) is 9.49. The normalized spacial score (nSPS) is 12.3. The zero-order chi connectivity index (χ0) is 14.7. The van der Waals surface area contributed by atoms with E-state index in [1.165, 1.54) is 6.07 Å². The highest BCUT2D eigenvalue weighted by Gasteiger charge is 2.17. The Morgan fingerprint density at radius 2 is 2.15 bits per heavy atom. The van der Waals surface area contributed by atoms with Gasteiger partial charge in [-0.05, 0) is 25.1 Å². The molecule has 0 amide bonds. The van der Waals surface area contributed by atoms with E-state index in [4.69, 9.17) is 17.3 Å². The minimum Gasteiger partial charge on any atom is -0.347 e. The Balaban J connectivity index is 2.35. The van der Waals surface area contributed by atoms with E-state index < -0.39 is 4.92 Å². The molecular formula is C14H16ClN3O2. The van der Waals surface area contributed by atoms with Crippen molar-refractivity contribution in [2.45, 2.75) is 25.9 Å². The maximum Gasteiger partial charge on any atom is 0.275 e. The summed E-state index contributed by atoms with van der Waals surface area (Å²) in [6, 6.07) is 8.62. The molecule has 0 spiro atoms. The highest BCUT2D eigenvalue weighted by atomic mass is 35.5. The van der Waals surface area contributed by atoms with Crippen molar-refractivity contribution >= 4 is 17.3 Å². The molecule has 1 unspecified atom stereocenters. The van der Waals surface area contributed by atoms with Gasteiger partial charge in [0.05, 0.1) is 22.1 Å². The number of nitrogens with two attached hydrogens (primary N) is 1. The Bertz CT molecular complexity index is 623. The standard InChI is InChI=1S/C14H16ClN3O2/c1-10(16)8-11-4-3-7-17(11)9-12-13(15)5-2-6-14(12)18(19)20/h2-7,10H,8-9,16H2,1H3. The summed E-state index contributed by atoms with van der Waals surface area (Å²) in [5.41, 5.74) is 7.40. The number of nitro benzene ring substituents is 1. The fourth-order valence-corrected chi connectivity index (χ4v) is 2.39. The summed E-state index contributed by atoms with van der Waals surface area (Å²) in [7, 11) is 0. The molecule has 0 fully saturated rings. The van der Waals surface area contributed by atoms with Gasteiger partial charge in [-0.1, -0.05) is 17.7 Å². The number of nitro groups is 1. The lowest BCUT2D eigenvalue weighted by atomic mass is 10.1. The number of benzene rings is 1. The Morgan fingerprint density at radius 1 is 1.40 bits per heavy atom. The predicted molar refractivity (Wildman–Crippen MR) is 79.0 cm³/mol. The third-order valence-corrected chi connectivity index (χ3v) is 3.43. The summed E-state index contributed by atoms with van der Waals surface area (Å²) in [6.45, 7) is 2.29. The molecule has 2 rings (SSSR count). The van der Waals surface area contributed by atoms with Crippen molar-refractivity contribution in [3.8, 4) is 0 Å². The van der Waals surface area contributed by atoms with Gasteiger partial charge in [0, 0.05) is 30.4 Å². The Hall–Kier alpha value is -1.85. The van der Waals surface area contributed by atoms with Gasteiger partial charge in [0.25, 0.3) is 5.69 Å². The lowest BCUT2D eigenvalue weighted by molar-refractivity contribution is -0.385. The summed E-state index contributed by atoms with van der Waals surface area (Å²) < 4.78 is 1.94. The van der Waals surface area contributed by atoms with Crippen molar-refractivity contribution in [3.05, 3.63) is 62.9 Å². The molecule has 0 radical (unpaired) electrons. The average Bonchev–Trinajstić information content (AvgIpc) is 2.78. The van der Waals surface area contributed by atoms with Gasteiger partial charge in [-0.15, -0.1) is 0 Å². The Kier molecular flexibility index (Phi) is 4.42. The molecule has 6 heteroatoms. The molecule has 2 aromatic rings. The van der Waals surface area contributed by atoms with E-state index in [2.05, 4.69) is 0 Å². The fraction of sp³-hybridized carbons (Fsp3) is 0.286. The lowest BCUT2D eigenvalue weighted by Gasteiger charge is -2.12. The Morgan fingerprint density at radius 3 is 2.80 bits per heavy atom. The van der Waals surface area contributed by atoms with Crippen molar-refractivity contribution in [3.63, 3.8) is 0 Å². The smallest absolute Gasteiger partial charge is 0.275 e. The minimum atomic E-state index is -0.407. The zero-order valence-corrected chi connectivity index (χ0v) is 11.9. The number of nitrogens with zero attached hydrogens (tertiary/aromatic N) is 2. The van der Waals surface area contributed by atoms with Crippen LogP contribution in [0.4, 0.5) is 5.69 Å². The quantitative estimate of drug-likeness (QED) is 0.680. The van der Waals surface area contributed by atoms with E-state index in [1.807, 2.05) is 29.8 Å². The van der Waals surface area contributed by atoms with Crippen molar-refractivity contribution in [1.82, 2.24) is 4.57 Å². The molecule has 1 aromatic carbocycles. The molecule has 5 nitrogen and oxygen atoms in total. The van der Waals surface area contributed by atoms with Gasteiger partial charge < -0.3 is 10.3 Å². The molecule has 2 N–H and O–H groups in total. The van der Waals surface area contributed by atoms with Gasteiger partial charge in [0.1, 0.15) is 0 Å². The van der Waals surface area contributed by atoms with Crippen LogP contribution in [-0.4, -0.2) is 15.5 Å². The predicted octanol–water partition coefficient (Wildman–Crippen LogP) is 2.99. The fourth-order valence-electron chi connectivity index (χ4n) is 2.16. The number of rotatable bonds is 5. The van der Waals surface area contributed by atoms with Gasteiger partial charge in [-0.2, -0.15) is 0 Å². The highest BCUT2D eigenvalue weighted by molar-refractivity contribution is 6.31. The third-order valence-electron chi connectivity index (χ3n) is 3.07. The summed E-state index contributed by atoms with van der Waals surface area (Å²) in [5, 5.41) is 11.5. The Labute approximate surface area is 122 Å². The lowest BCUT2D eigenvalue weighted by Crippen LogP contribution is -2.20. The van der Waals surface area contributed by atoms with E-state index in [-0.39, 0.29) is 11.7 Å². The topological polar surface area (TPSA) is 74.1 Å². The van der Waals surface area contributed by atoms with Crippen LogP contribution in [0.1, 0.15) is 18.2 Å². The molecule has 0 aliphatic carbocycles. The second kappa shape index (κ2) is 6.07. The molecule has 0 saturated carbocycles. The van der Waals surface area contributed by atoms with E-state index >= 15 is 0 Å². The molecule has 1 heterocycles. The van der Waals surface area contributed by atoms with Crippen LogP contribution in [0.2, 0.25) is 5.02 Å². The van der Waals surface area contributed by atoms with Crippen LogP contribution in [-0.2, 0) is 13.0 Å². The van der Waals surface area contributed by atoms with E-state index in [0.717, 1.165) is 5.69 Å². The van der Waals surface area contributed by atoms with Crippen molar-refractivity contribution in [2.75, 3.05) is 0 Å². The van der Waals surface area contributed by atoms with Crippen LogP contribution in [0.3, 0.4) is 0 Å². The summed E-state index contributed by atoms with van der Waals surface area (Å²) in [5.74, 6) is 0. The number of hydrogen-bond donors (Lipinski definition) is 1. The summed E-state index contributed by atoms with van der Waals surface area (Å²) in [6.07, 6.45) is 2.59. The van der Waals surface area contributed by atoms with E-state index in [9.17, 15) is 10.1 Å². The van der Waals surface area contributed by atoms with Gasteiger partial charge in [-0.3, -0.25) is 10.1 Å². The second-order valence-corrected chi connectivity index (χ2v) is 5.21. The van der Waals surface area contributed by atoms with Crippen LogP contribution in [0.5, 0.6) is 0 Å². The molecule has 106 valence electrons. The number of hydrogen-bond acceptors (Lipinski definition) is 3. The third kappa shape index (κ3) is 3.18.